The molecule has 0 radical (unpaired) electrons. The zero-order chi connectivity index (χ0) is 14.3. The third-order valence-corrected chi connectivity index (χ3v) is 3.70. The topological polar surface area (TPSA) is 47.9 Å². The molecule has 2 aliphatic rings. The summed E-state index contributed by atoms with van der Waals surface area (Å²) in [6.45, 7) is 3.52. The molecule has 0 spiro atoms. The molecule has 1 aromatic rings. The van der Waals surface area contributed by atoms with Crippen LogP contribution in [0.5, 0.6) is 11.5 Å². The lowest BCUT2D eigenvalue weighted by Gasteiger charge is -2.24. The molecule has 3 rings (SSSR count). The van der Waals surface area contributed by atoms with Gasteiger partial charge in [-0.05, 0) is 32.1 Å². The molecule has 2 heterocycles. The third-order valence-electron chi connectivity index (χ3n) is 3.70. The fourth-order valence-electron chi connectivity index (χ4n) is 2.56. The van der Waals surface area contributed by atoms with Crippen molar-refractivity contribution in [3.63, 3.8) is 0 Å². The van der Waals surface area contributed by atoms with Crippen molar-refractivity contribution >= 4 is 12.2 Å². The summed E-state index contributed by atoms with van der Waals surface area (Å²) in [5.74, 6) is 1.59. The minimum absolute atomic E-state index is 0.254. The van der Waals surface area contributed by atoms with E-state index in [2.05, 4.69) is 0 Å². The number of aliphatic hydroxyl groups is 1. The maximum absolute atomic E-state index is 10.2. The van der Waals surface area contributed by atoms with Gasteiger partial charge in [-0.15, -0.1) is 0 Å². The summed E-state index contributed by atoms with van der Waals surface area (Å²) < 4.78 is 16.6. The Morgan fingerprint density at radius 3 is 2.60 bits per heavy atom. The van der Waals surface area contributed by atoms with Gasteiger partial charge in [0.2, 0.25) is 0 Å². The standard InChI is InChI=1S/C16H18O4/c1-16(2,17)14-9-10-8-13(18-3)11-4-6-19-7-5-12(11)15(10)20-14/h4-8,14,17H,9H2,1-3H3/t14-/m1/s1. The predicted octanol–water partition coefficient (Wildman–Crippen LogP) is 2.74. The Bertz CT molecular complexity index is 593. The Balaban J connectivity index is 2.13. The highest BCUT2D eigenvalue weighted by Crippen LogP contribution is 2.43. The van der Waals surface area contributed by atoms with Gasteiger partial charge in [-0.1, -0.05) is 0 Å². The van der Waals surface area contributed by atoms with Crippen LogP contribution in [0.1, 0.15) is 30.5 Å². The first-order valence-electron chi connectivity index (χ1n) is 6.62. The fourth-order valence-corrected chi connectivity index (χ4v) is 2.56. The molecule has 0 bridgehead atoms. The molecule has 106 valence electrons. The van der Waals surface area contributed by atoms with Crippen LogP contribution in [-0.4, -0.2) is 23.9 Å². The second kappa shape index (κ2) is 4.56. The molecule has 0 aromatic heterocycles. The normalized spacial score (nSPS) is 19.7. The quantitative estimate of drug-likeness (QED) is 0.901. The molecular weight excluding hydrogens is 256 g/mol. The largest absolute Gasteiger partial charge is 0.496 e. The summed E-state index contributed by atoms with van der Waals surface area (Å²) in [5.41, 5.74) is 2.02. The van der Waals surface area contributed by atoms with Crippen molar-refractivity contribution in [1.29, 1.82) is 0 Å². The summed E-state index contributed by atoms with van der Waals surface area (Å²) in [4.78, 5) is 0. The molecular formula is C16H18O4. The van der Waals surface area contributed by atoms with Gasteiger partial charge in [-0.3, -0.25) is 0 Å². The molecule has 4 heteroatoms. The van der Waals surface area contributed by atoms with Gasteiger partial charge in [0.1, 0.15) is 17.6 Å². The van der Waals surface area contributed by atoms with E-state index < -0.39 is 5.60 Å². The van der Waals surface area contributed by atoms with Crippen LogP contribution in [-0.2, 0) is 11.2 Å². The van der Waals surface area contributed by atoms with E-state index in [0.29, 0.717) is 6.42 Å². The Morgan fingerprint density at radius 2 is 1.95 bits per heavy atom. The molecule has 0 saturated heterocycles. The molecule has 0 fully saturated rings. The highest BCUT2D eigenvalue weighted by molar-refractivity contribution is 5.77. The van der Waals surface area contributed by atoms with Gasteiger partial charge >= 0.3 is 0 Å². The van der Waals surface area contributed by atoms with E-state index in [-0.39, 0.29) is 6.10 Å². The molecule has 0 aliphatic carbocycles. The maximum atomic E-state index is 10.2. The fraction of sp³-hybridized carbons (Fsp3) is 0.375. The van der Waals surface area contributed by atoms with Crippen molar-refractivity contribution in [3.05, 3.63) is 35.3 Å². The zero-order valence-electron chi connectivity index (χ0n) is 11.8. The monoisotopic (exact) mass is 274 g/mol. The Kier molecular flexibility index (Phi) is 2.98. The van der Waals surface area contributed by atoms with Crippen LogP contribution in [0.4, 0.5) is 0 Å². The highest BCUT2D eigenvalue weighted by atomic mass is 16.5. The van der Waals surface area contributed by atoms with Crippen molar-refractivity contribution < 1.29 is 19.3 Å². The molecule has 1 N–H and O–H groups in total. The summed E-state index contributed by atoms with van der Waals surface area (Å²) in [5, 5.41) is 10.2. The van der Waals surface area contributed by atoms with Crippen LogP contribution in [0.25, 0.3) is 12.2 Å². The van der Waals surface area contributed by atoms with E-state index in [1.165, 1.54) is 0 Å². The predicted molar refractivity (Wildman–Crippen MR) is 76.6 cm³/mol. The smallest absolute Gasteiger partial charge is 0.131 e. The average molecular weight is 274 g/mol. The molecule has 0 saturated carbocycles. The SMILES string of the molecule is COc1cc2c(c3c1C=COC=C3)O[C@@H](C(C)(C)O)C2. The molecule has 20 heavy (non-hydrogen) atoms. The molecule has 2 aliphatic heterocycles. The number of benzene rings is 1. The number of fused-ring (bicyclic) bond motifs is 3. The first-order valence-corrected chi connectivity index (χ1v) is 6.62. The summed E-state index contributed by atoms with van der Waals surface area (Å²) >= 11 is 0. The van der Waals surface area contributed by atoms with Gasteiger partial charge in [0.25, 0.3) is 0 Å². The lowest BCUT2D eigenvalue weighted by molar-refractivity contribution is -0.0230. The summed E-state index contributed by atoms with van der Waals surface area (Å²) in [6, 6.07) is 1.98. The highest BCUT2D eigenvalue weighted by Gasteiger charge is 2.37. The van der Waals surface area contributed by atoms with Crippen molar-refractivity contribution in [3.8, 4) is 11.5 Å². The van der Waals surface area contributed by atoms with Crippen molar-refractivity contribution in [2.24, 2.45) is 0 Å². The van der Waals surface area contributed by atoms with Crippen LogP contribution in [0.2, 0.25) is 0 Å². The Hall–Kier alpha value is -1.94. The second-order valence-electron chi connectivity index (χ2n) is 5.60. The zero-order valence-corrected chi connectivity index (χ0v) is 11.8. The minimum Gasteiger partial charge on any atom is -0.496 e. The van der Waals surface area contributed by atoms with Crippen LogP contribution in [0.3, 0.4) is 0 Å². The first-order chi connectivity index (χ1) is 9.50. The van der Waals surface area contributed by atoms with E-state index in [9.17, 15) is 5.11 Å². The number of ether oxygens (including phenoxy) is 3. The van der Waals surface area contributed by atoms with Crippen molar-refractivity contribution in [1.82, 2.24) is 0 Å². The Labute approximate surface area is 118 Å². The van der Waals surface area contributed by atoms with Crippen LogP contribution in [0, 0.1) is 0 Å². The minimum atomic E-state index is -0.889. The molecule has 1 atom stereocenters. The molecule has 4 nitrogen and oxygen atoms in total. The number of rotatable bonds is 2. The van der Waals surface area contributed by atoms with E-state index in [0.717, 1.165) is 28.2 Å². The van der Waals surface area contributed by atoms with Gasteiger partial charge in [-0.2, -0.15) is 0 Å². The summed E-state index contributed by atoms with van der Waals surface area (Å²) in [6.07, 6.45) is 7.36. The van der Waals surface area contributed by atoms with Crippen LogP contribution < -0.4 is 9.47 Å². The first kappa shape index (κ1) is 13.1. The number of hydrogen-bond acceptors (Lipinski definition) is 4. The average Bonchev–Trinajstić information content (AvgIpc) is 2.68. The van der Waals surface area contributed by atoms with Crippen molar-refractivity contribution in [2.75, 3.05) is 7.11 Å². The van der Waals surface area contributed by atoms with Gasteiger partial charge in [0.15, 0.2) is 0 Å². The van der Waals surface area contributed by atoms with E-state index in [1.54, 1.807) is 33.5 Å². The molecule has 0 amide bonds. The van der Waals surface area contributed by atoms with Crippen LogP contribution in [0.15, 0.2) is 18.6 Å². The van der Waals surface area contributed by atoms with Gasteiger partial charge in [0.05, 0.1) is 25.2 Å². The van der Waals surface area contributed by atoms with E-state index in [1.807, 2.05) is 18.2 Å². The van der Waals surface area contributed by atoms with Crippen LogP contribution >= 0.6 is 0 Å². The van der Waals surface area contributed by atoms with Crippen molar-refractivity contribution in [2.45, 2.75) is 32.0 Å². The maximum Gasteiger partial charge on any atom is 0.131 e. The lowest BCUT2D eigenvalue weighted by Crippen LogP contribution is -2.39. The van der Waals surface area contributed by atoms with E-state index in [4.69, 9.17) is 14.2 Å². The third kappa shape index (κ3) is 2.06. The molecule has 1 aromatic carbocycles. The van der Waals surface area contributed by atoms with Gasteiger partial charge < -0.3 is 19.3 Å². The second-order valence-corrected chi connectivity index (χ2v) is 5.60. The van der Waals surface area contributed by atoms with Gasteiger partial charge in [-0.25, -0.2) is 0 Å². The molecule has 0 unspecified atom stereocenters. The summed E-state index contributed by atoms with van der Waals surface area (Å²) in [7, 11) is 1.65. The number of hydrogen-bond donors (Lipinski definition) is 1. The Morgan fingerprint density at radius 1 is 1.25 bits per heavy atom. The number of methoxy groups -OCH3 is 1. The lowest BCUT2D eigenvalue weighted by atomic mass is 9.95. The van der Waals surface area contributed by atoms with Gasteiger partial charge in [0, 0.05) is 23.1 Å². The van der Waals surface area contributed by atoms with E-state index >= 15 is 0 Å².